The van der Waals surface area contributed by atoms with Crippen molar-refractivity contribution in [2.24, 2.45) is 0 Å². The van der Waals surface area contributed by atoms with E-state index in [0.29, 0.717) is 0 Å². The smallest absolute Gasteiger partial charge is 0.0251 e. The quantitative estimate of drug-likeness (QED) is 0.537. The van der Waals surface area contributed by atoms with Crippen LogP contribution in [0.25, 0.3) is 10.8 Å². The molecule has 0 aliphatic carbocycles. The molecule has 2 rings (SSSR count). The second kappa shape index (κ2) is 5.00. The first-order valence-electron chi connectivity index (χ1n) is 4.94. The van der Waals surface area contributed by atoms with Gasteiger partial charge in [0.1, 0.15) is 0 Å². The van der Waals surface area contributed by atoms with Crippen LogP contribution in [0.5, 0.6) is 0 Å². The van der Waals surface area contributed by atoms with Crippen LogP contribution in [0.3, 0.4) is 0 Å². The van der Waals surface area contributed by atoms with E-state index in [1.807, 2.05) is 0 Å². The summed E-state index contributed by atoms with van der Waals surface area (Å²) in [5.41, 5.74) is 1.09. The molecule has 0 aliphatic heterocycles. The average Bonchev–Trinajstić information content (AvgIpc) is 2.29. The maximum Gasteiger partial charge on any atom is 0.0251 e. The second-order valence-electron chi connectivity index (χ2n) is 3.30. The Morgan fingerprint density at radius 3 is 2.60 bits per heavy atom. The van der Waals surface area contributed by atoms with Gasteiger partial charge in [-0.25, -0.2) is 0 Å². The fraction of sp³-hybridized carbons (Fsp3) is 0.143. The van der Waals surface area contributed by atoms with Crippen LogP contribution >= 0.6 is 15.9 Å². The predicted octanol–water partition coefficient (Wildman–Crippen LogP) is 3.98. The van der Waals surface area contributed by atoms with E-state index < -0.39 is 0 Å². The lowest BCUT2D eigenvalue weighted by Gasteiger charge is -1.97. The molecule has 0 nitrogen and oxygen atoms in total. The molecule has 2 aromatic rings. The molecule has 15 heavy (non-hydrogen) atoms. The monoisotopic (exact) mass is 258 g/mol. The Kier molecular flexibility index (Phi) is 3.42. The molecular weight excluding hydrogens is 248 g/mol. The highest BCUT2D eigenvalue weighted by Crippen LogP contribution is 2.14. The molecule has 0 N–H and O–H groups in total. The van der Waals surface area contributed by atoms with E-state index in [1.165, 1.54) is 10.8 Å². The van der Waals surface area contributed by atoms with Gasteiger partial charge >= 0.3 is 0 Å². The van der Waals surface area contributed by atoms with Crippen LogP contribution in [0, 0.1) is 11.8 Å². The normalized spacial score (nSPS) is 9.67. The highest BCUT2D eigenvalue weighted by molar-refractivity contribution is 9.09. The number of hydrogen-bond acceptors (Lipinski definition) is 0. The summed E-state index contributed by atoms with van der Waals surface area (Å²) in [6.45, 7) is 0. The maximum atomic E-state index is 3.36. The molecule has 0 atom stereocenters. The summed E-state index contributed by atoms with van der Waals surface area (Å²) < 4.78 is 0. The summed E-state index contributed by atoms with van der Waals surface area (Å²) in [6.07, 6.45) is 0.896. The Bertz CT molecular complexity index is 517. The Morgan fingerprint density at radius 1 is 1.00 bits per heavy atom. The van der Waals surface area contributed by atoms with Crippen LogP contribution in [-0.4, -0.2) is 5.33 Å². The van der Waals surface area contributed by atoms with E-state index in [2.05, 4.69) is 70.2 Å². The van der Waals surface area contributed by atoms with Gasteiger partial charge in [-0.1, -0.05) is 58.1 Å². The lowest BCUT2D eigenvalue weighted by molar-refractivity contribution is 1.32. The number of benzene rings is 2. The minimum atomic E-state index is 0.896. The van der Waals surface area contributed by atoms with Gasteiger partial charge in [-0.2, -0.15) is 0 Å². The zero-order chi connectivity index (χ0) is 10.5. The molecule has 2 aromatic carbocycles. The fourth-order valence-electron chi connectivity index (χ4n) is 1.48. The van der Waals surface area contributed by atoms with Crippen molar-refractivity contribution in [1.29, 1.82) is 0 Å². The number of fused-ring (bicyclic) bond motifs is 1. The molecular formula is C14H11Br. The van der Waals surface area contributed by atoms with Crippen molar-refractivity contribution in [3.05, 3.63) is 48.0 Å². The zero-order valence-electron chi connectivity index (χ0n) is 8.33. The van der Waals surface area contributed by atoms with Gasteiger partial charge < -0.3 is 0 Å². The minimum Gasteiger partial charge on any atom is -0.0970 e. The van der Waals surface area contributed by atoms with Crippen molar-refractivity contribution >= 4 is 26.7 Å². The van der Waals surface area contributed by atoms with Gasteiger partial charge in [0.15, 0.2) is 0 Å². The predicted molar refractivity (Wildman–Crippen MR) is 69.2 cm³/mol. The highest BCUT2D eigenvalue weighted by Gasteiger charge is 1.92. The van der Waals surface area contributed by atoms with E-state index in [1.54, 1.807) is 0 Å². The Balaban J connectivity index is 2.36. The largest absolute Gasteiger partial charge is 0.0970 e. The molecule has 0 amide bonds. The molecule has 0 spiro atoms. The van der Waals surface area contributed by atoms with Gasteiger partial charge in [-0.05, 0) is 22.9 Å². The van der Waals surface area contributed by atoms with Crippen LogP contribution in [0.15, 0.2) is 42.5 Å². The molecule has 0 unspecified atom stereocenters. The summed E-state index contributed by atoms with van der Waals surface area (Å²) in [5.74, 6) is 6.28. The van der Waals surface area contributed by atoms with Crippen LogP contribution in [0.1, 0.15) is 12.0 Å². The molecule has 0 fully saturated rings. The van der Waals surface area contributed by atoms with Gasteiger partial charge in [-0.15, -0.1) is 0 Å². The third kappa shape index (κ3) is 2.61. The topological polar surface area (TPSA) is 0 Å². The van der Waals surface area contributed by atoms with Crippen molar-refractivity contribution < 1.29 is 0 Å². The number of hydrogen-bond donors (Lipinski definition) is 0. The van der Waals surface area contributed by atoms with Gasteiger partial charge in [0, 0.05) is 17.3 Å². The van der Waals surface area contributed by atoms with Gasteiger partial charge in [0.05, 0.1) is 0 Å². The molecule has 0 heterocycles. The summed E-state index contributed by atoms with van der Waals surface area (Å²) in [6, 6.07) is 14.7. The molecule has 0 bridgehead atoms. The highest BCUT2D eigenvalue weighted by atomic mass is 79.9. The first-order chi connectivity index (χ1) is 7.40. The molecule has 0 radical (unpaired) electrons. The van der Waals surface area contributed by atoms with Crippen molar-refractivity contribution in [3.63, 3.8) is 0 Å². The number of alkyl halides is 1. The first-order valence-corrected chi connectivity index (χ1v) is 6.06. The average molecular weight is 259 g/mol. The molecule has 74 valence electrons. The summed E-state index contributed by atoms with van der Waals surface area (Å²) >= 11 is 3.36. The maximum absolute atomic E-state index is 3.36. The SMILES string of the molecule is BrCCC#Cc1ccc2ccccc2c1. The molecule has 0 aromatic heterocycles. The van der Waals surface area contributed by atoms with Gasteiger partial charge in [0.2, 0.25) is 0 Å². The molecule has 0 saturated carbocycles. The van der Waals surface area contributed by atoms with E-state index >= 15 is 0 Å². The summed E-state index contributed by atoms with van der Waals surface area (Å²) in [4.78, 5) is 0. The first kappa shape index (κ1) is 10.3. The van der Waals surface area contributed by atoms with Crippen molar-refractivity contribution in [3.8, 4) is 11.8 Å². The third-order valence-corrected chi connectivity index (χ3v) is 2.60. The van der Waals surface area contributed by atoms with E-state index in [-0.39, 0.29) is 0 Å². The Hall–Kier alpha value is -1.26. The summed E-state index contributed by atoms with van der Waals surface area (Å²) in [5, 5.41) is 3.46. The minimum absolute atomic E-state index is 0.896. The van der Waals surface area contributed by atoms with Crippen LogP contribution in [-0.2, 0) is 0 Å². The lowest BCUT2D eigenvalue weighted by atomic mass is 10.1. The van der Waals surface area contributed by atoms with E-state index in [4.69, 9.17) is 0 Å². The zero-order valence-corrected chi connectivity index (χ0v) is 9.92. The van der Waals surface area contributed by atoms with Crippen LogP contribution in [0.4, 0.5) is 0 Å². The third-order valence-electron chi connectivity index (χ3n) is 2.20. The number of halogens is 1. The van der Waals surface area contributed by atoms with E-state index in [0.717, 1.165) is 17.3 Å². The van der Waals surface area contributed by atoms with Crippen molar-refractivity contribution in [1.82, 2.24) is 0 Å². The Labute approximate surface area is 98.4 Å². The molecule has 1 heteroatoms. The van der Waals surface area contributed by atoms with Crippen molar-refractivity contribution in [2.45, 2.75) is 6.42 Å². The van der Waals surface area contributed by atoms with Gasteiger partial charge in [0.25, 0.3) is 0 Å². The Morgan fingerprint density at radius 2 is 1.80 bits per heavy atom. The molecule has 0 aliphatic rings. The fourth-order valence-corrected chi connectivity index (χ4v) is 1.68. The van der Waals surface area contributed by atoms with Gasteiger partial charge in [-0.3, -0.25) is 0 Å². The van der Waals surface area contributed by atoms with Crippen LogP contribution in [0.2, 0.25) is 0 Å². The number of rotatable bonds is 1. The van der Waals surface area contributed by atoms with Crippen molar-refractivity contribution in [2.75, 3.05) is 5.33 Å². The summed E-state index contributed by atoms with van der Waals surface area (Å²) in [7, 11) is 0. The second-order valence-corrected chi connectivity index (χ2v) is 4.10. The standard InChI is InChI=1S/C14H11Br/c15-10-4-3-5-12-8-9-13-6-1-2-7-14(13)11-12/h1-2,6-9,11H,4,10H2. The van der Waals surface area contributed by atoms with Crippen LogP contribution < -0.4 is 0 Å². The molecule has 0 saturated heterocycles. The van der Waals surface area contributed by atoms with E-state index in [9.17, 15) is 0 Å². The lowest BCUT2D eigenvalue weighted by Crippen LogP contribution is -1.76.